The Labute approximate surface area is 188 Å². The van der Waals surface area contributed by atoms with Crippen LogP contribution in [0.3, 0.4) is 0 Å². The van der Waals surface area contributed by atoms with E-state index < -0.39 is 37.1 Å². The number of fused-ring (bicyclic) bond motifs is 1. The average Bonchev–Trinajstić information content (AvgIpc) is 3.38. The Hall–Kier alpha value is -1.04. The predicted molar refractivity (Wildman–Crippen MR) is 120 cm³/mol. The molecule has 6 nitrogen and oxygen atoms in total. The standard InChI is InChI=1S/C19H26BrF2N3O3SSi/c1-18(13-7-12(20)9-23-15(13)22)14-8-19(14,10-21)29-16(24-18)25(17(26)27)11-28-5-6-30(2,3)4/h7,9,14H,5-6,8,10-11H2,1-4H3,(H,26,27)/t14?,18-,19?/m1/s1. The third-order valence-electron chi connectivity index (χ3n) is 5.58. The van der Waals surface area contributed by atoms with Crippen LogP contribution in [0.5, 0.6) is 0 Å². The molecule has 2 heterocycles. The molecule has 1 aliphatic heterocycles. The number of aliphatic imine (C=N–C) groups is 1. The molecule has 3 rings (SSSR count). The van der Waals surface area contributed by atoms with E-state index in [4.69, 9.17) is 4.74 Å². The fraction of sp³-hybridized carbons (Fsp3) is 0.632. The van der Waals surface area contributed by atoms with E-state index in [-0.39, 0.29) is 23.4 Å². The minimum Gasteiger partial charge on any atom is -0.465 e. The second kappa shape index (κ2) is 8.48. The van der Waals surface area contributed by atoms with Crippen molar-refractivity contribution in [3.8, 4) is 0 Å². The number of hydrogen-bond donors (Lipinski definition) is 1. The molecule has 0 saturated heterocycles. The molecule has 1 fully saturated rings. The largest absolute Gasteiger partial charge is 0.465 e. The number of hydrogen-bond acceptors (Lipinski definition) is 5. The summed E-state index contributed by atoms with van der Waals surface area (Å²) in [5.74, 6) is -0.943. The zero-order chi connectivity index (χ0) is 22.3. The van der Waals surface area contributed by atoms with Crippen LogP contribution in [0.15, 0.2) is 21.7 Å². The van der Waals surface area contributed by atoms with Crippen molar-refractivity contribution in [2.24, 2.45) is 10.9 Å². The van der Waals surface area contributed by atoms with Crippen molar-refractivity contribution in [2.45, 2.75) is 49.3 Å². The molecule has 2 unspecified atom stereocenters. The molecular formula is C19H26BrF2N3O3SSi. The molecule has 1 aromatic heterocycles. The van der Waals surface area contributed by atoms with Gasteiger partial charge in [-0.3, -0.25) is 4.99 Å². The number of alkyl halides is 1. The Morgan fingerprint density at radius 3 is 2.80 bits per heavy atom. The topological polar surface area (TPSA) is 75.0 Å². The zero-order valence-corrected chi connectivity index (χ0v) is 20.8. The van der Waals surface area contributed by atoms with Crippen LogP contribution in [-0.2, 0) is 10.3 Å². The number of pyridine rings is 1. The SMILES string of the molecule is C[C@]1(c2cc(Br)cnc2F)N=C(N(COCC[Si](C)(C)C)C(=O)O)SC2(CF)CC21. The van der Waals surface area contributed by atoms with E-state index in [1.165, 1.54) is 6.20 Å². The molecule has 166 valence electrons. The van der Waals surface area contributed by atoms with Crippen molar-refractivity contribution < 1.29 is 23.4 Å². The van der Waals surface area contributed by atoms with Gasteiger partial charge in [-0.1, -0.05) is 31.4 Å². The van der Waals surface area contributed by atoms with Crippen molar-refractivity contribution in [1.82, 2.24) is 9.88 Å². The lowest BCUT2D eigenvalue weighted by Gasteiger charge is -2.36. The number of ether oxygens (including phenoxy) is 1. The minimum absolute atomic E-state index is 0.128. The first-order chi connectivity index (χ1) is 13.9. The first kappa shape index (κ1) is 23.6. The van der Waals surface area contributed by atoms with Crippen LogP contribution in [0.4, 0.5) is 13.6 Å². The van der Waals surface area contributed by atoms with Crippen LogP contribution >= 0.6 is 27.7 Å². The maximum absolute atomic E-state index is 14.6. The van der Waals surface area contributed by atoms with Gasteiger partial charge in [0.1, 0.15) is 13.4 Å². The van der Waals surface area contributed by atoms with Crippen LogP contribution in [0, 0.1) is 11.9 Å². The van der Waals surface area contributed by atoms with Gasteiger partial charge in [-0.2, -0.15) is 4.39 Å². The van der Waals surface area contributed by atoms with E-state index >= 15 is 0 Å². The van der Waals surface area contributed by atoms with E-state index in [1.807, 2.05) is 0 Å². The van der Waals surface area contributed by atoms with Gasteiger partial charge < -0.3 is 9.84 Å². The van der Waals surface area contributed by atoms with E-state index in [2.05, 4.69) is 45.5 Å². The summed E-state index contributed by atoms with van der Waals surface area (Å²) in [5.41, 5.74) is -0.903. The van der Waals surface area contributed by atoms with Crippen molar-refractivity contribution in [3.63, 3.8) is 0 Å². The highest BCUT2D eigenvalue weighted by Crippen LogP contribution is 2.66. The monoisotopic (exact) mass is 521 g/mol. The van der Waals surface area contributed by atoms with Gasteiger partial charge in [0.15, 0.2) is 5.17 Å². The maximum atomic E-state index is 14.6. The summed E-state index contributed by atoms with van der Waals surface area (Å²) in [6, 6.07) is 2.47. The van der Waals surface area contributed by atoms with Gasteiger partial charge in [0.05, 0.1) is 10.3 Å². The number of halogens is 3. The third-order valence-corrected chi connectivity index (χ3v) is 9.18. The highest BCUT2D eigenvalue weighted by atomic mass is 79.9. The predicted octanol–water partition coefficient (Wildman–Crippen LogP) is 5.32. The van der Waals surface area contributed by atoms with Gasteiger partial charge in [0.25, 0.3) is 0 Å². The molecule has 30 heavy (non-hydrogen) atoms. The molecule has 3 atom stereocenters. The Balaban J connectivity index is 1.92. The number of thioether (sulfide) groups is 1. The number of carboxylic acid groups (broad SMARTS) is 1. The number of carbonyl (C=O) groups is 1. The van der Waals surface area contributed by atoms with Gasteiger partial charge >= 0.3 is 6.09 Å². The van der Waals surface area contributed by atoms with E-state index in [9.17, 15) is 18.7 Å². The number of amidine groups is 1. The summed E-state index contributed by atoms with van der Waals surface area (Å²) in [7, 11) is -1.33. The van der Waals surface area contributed by atoms with Gasteiger partial charge in [0, 0.05) is 36.8 Å². The lowest BCUT2D eigenvalue weighted by Crippen LogP contribution is -2.44. The lowest BCUT2D eigenvalue weighted by molar-refractivity contribution is 0.0702. The molecule has 1 aromatic rings. The first-order valence-electron chi connectivity index (χ1n) is 9.66. The van der Waals surface area contributed by atoms with Gasteiger partial charge in [-0.15, -0.1) is 0 Å². The molecule has 1 aliphatic carbocycles. The average molecular weight is 522 g/mol. The fourth-order valence-corrected chi connectivity index (χ4v) is 6.24. The Morgan fingerprint density at radius 2 is 2.20 bits per heavy atom. The van der Waals surface area contributed by atoms with Crippen molar-refractivity contribution >= 4 is 47.0 Å². The first-order valence-corrected chi connectivity index (χ1v) is 15.0. The molecular weight excluding hydrogens is 496 g/mol. The number of nitrogens with zero attached hydrogens (tertiary/aromatic N) is 3. The van der Waals surface area contributed by atoms with Gasteiger partial charge in [-0.05, 0) is 41.4 Å². The summed E-state index contributed by atoms with van der Waals surface area (Å²) in [4.78, 5) is 21.3. The Morgan fingerprint density at radius 1 is 1.50 bits per heavy atom. The summed E-state index contributed by atoms with van der Waals surface area (Å²) in [5, 5.41) is 9.88. The lowest BCUT2D eigenvalue weighted by atomic mass is 9.87. The summed E-state index contributed by atoms with van der Waals surface area (Å²) in [6.07, 6.45) is 0.584. The Bertz CT molecular complexity index is 872. The summed E-state index contributed by atoms with van der Waals surface area (Å²) >= 11 is 4.41. The molecule has 0 radical (unpaired) electrons. The van der Waals surface area contributed by atoms with E-state index in [1.54, 1.807) is 13.0 Å². The molecule has 1 amide bonds. The quantitative estimate of drug-likeness (QED) is 0.227. The van der Waals surface area contributed by atoms with Gasteiger partial charge in [-0.25, -0.2) is 19.1 Å². The van der Waals surface area contributed by atoms with Crippen molar-refractivity contribution in [3.05, 3.63) is 28.2 Å². The highest BCUT2D eigenvalue weighted by Gasteiger charge is 2.67. The fourth-order valence-electron chi connectivity index (χ4n) is 3.63. The van der Waals surface area contributed by atoms with E-state index in [0.717, 1.165) is 22.7 Å². The molecule has 0 spiro atoms. The van der Waals surface area contributed by atoms with Crippen LogP contribution in [-0.4, -0.2) is 59.1 Å². The van der Waals surface area contributed by atoms with Crippen molar-refractivity contribution in [1.29, 1.82) is 0 Å². The maximum Gasteiger partial charge on any atom is 0.415 e. The molecule has 0 bridgehead atoms. The number of amides is 1. The molecule has 2 aliphatic rings. The van der Waals surface area contributed by atoms with Crippen LogP contribution in [0.25, 0.3) is 0 Å². The molecule has 11 heteroatoms. The highest BCUT2D eigenvalue weighted by molar-refractivity contribution is 9.10. The molecule has 0 aromatic carbocycles. The van der Waals surface area contributed by atoms with Crippen molar-refractivity contribution in [2.75, 3.05) is 20.0 Å². The number of aromatic nitrogens is 1. The van der Waals surface area contributed by atoms with Crippen LogP contribution in [0.2, 0.25) is 25.7 Å². The smallest absolute Gasteiger partial charge is 0.415 e. The number of rotatable bonds is 7. The minimum atomic E-state index is -1.33. The summed E-state index contributed by atoms with van der Waals surface area (Å²) in [6.45, 7) is 7.92. The van der Waals surface area contributed by atoms with Crippen LogP contribution < -0.4 is 0 Å². The van der Waals surface area contributed by atoms with E-state index in [0.29, 0.717) is 17.5 Å². The van der Waals surface area contributed by atoms with Crippen LogP contribution in [0.1, 0.15) is 18.9 Å². The second-order valence-electron chi connectivity index (χ2n) is 9.15. The summed E-state index contributed by atoms with van der Waals surface area (Å²) < 4.78 is 34.0. The molecule has 1 N–H and O–H groups in total. The van der Waals surface area contributed by atoms with Gasteiger partial charge in [0.2, 0.25) is 5.95 Å². The molecule has 1 saturated carbocycles. The third kappa shape index (κ3) is 4.73. The zero-order valence-electron chi connectivity index (χ0n) is 17.4. The Kier molecular flexibility index (Phi) is 6.67. The normalized spacial score (nSPS) is 28.0. The second-order valence-corrected chi connectivity index (χ2v) is 17.1.